The molecule has 2 aromatic rings. The Balaban J connectivity index is 2.67. The van der Waals surface area contributed by atoms with Crippen LogP contribution in [-0.2, 0) is 0 Å². The molecule has 0 atom stereocenters. The normalized spacial score (nSPS) is 10.6. The molecule has 0 aliphatic rings. The lowest BCUT2D eigenvalue weighted by molar-refractivity contribution is 0.101. The maximum atomic E-state index is 11.6. The zero-order valence-electron chi connectivity index (χ0n) is 9.86. The van der Waals surface area contributed by atoms with Crippen LogP contribution < -0.4 is 0 Å². The second-order valence-corrected chi connectivity index (χ2v) is 4.75. The van der Waals surface area contributed by atoms with Crippen molar-refractivity contribution < 1.29 is 4.79 Å². The van der Waals surface area contributed by atoms with Crippen LogP contribution in [-0.4, -0.2) is 20.5 Å². The third kappa shape index (κ3) is 2.29. The summed E-state index contributed by atoms with van der Waals surface area (Å²) in [7, 11) is 0. The van der Waals surface area contributed by atoms with E-state index in [0.717, 1.165) is 16.0 Å². The second-order valence-electron chi connectivity index (χ2n) is 3.84. The molecule has 0 radical (unpaired) electrons. The summed E-state index contributed by atoms with van der Waals surface area (Å²) in [5, 5.41) is 4.29. The number of rotatable bonds is 2. The molecule has 0 amide bonds. The summed E-state index contributed by atoms with van der Waals surface area (Å²) >= 11 is 3.36. The van der Waals surface area contributed by atoms with Crippen molar-refractivity contribution in [3.05, 3.63) is 39.9 Å². The largest absolute Gasteiger partial charge is 0.294 e. The predicted octanol–water partition coefficient (Wildman–Crippen LogP) is 2.85. The number of carbonyl (C=O) groups excluding carboxylic acids is 1. The minimum atomic E-state index is 0.00820. The highest BCUT2D eigenvalue weighted by atomic mass is 79.9. The Morgan fingerprint density at radius 3 is 2.59 bits per heavy atom. The zero-order valence-corrected chi connectivity index (χ0v) is 11.4. The SMILES string of the molecule is CC(=O)c1cc(Br)ccc1-n1nc(C)nc1C. The Bertz CT molecular complexity index is 589. The van der Waals surface area contributed by atoms with Gasteiger partial charge in [-0.3, -0.25) is 4.79 Å². The summed E-state index contributed by atoms with van der Waals surface area (Å²) in [6.07, 6.45) is 0. The molecule has 88 valence electrons. The molecular formula is C12H12BrN3O. The Hall–Kier alpha value is -1.49. The molecule has 0 fully saturated rings. The quantitative estimate of drug-likeness (QED) is 0.800. The van der Waals surface area contributed by atoms with Crippen LogP contribution in [0.2, 0.25) is 0 Å². The summed E-state index contributed by atoms with van der Waals surface area (Å²) in [4.78, 5) is 15.9. The molecular weight excluding hydrogens is 282 g/mol. The second kappa shape index (κ2) is 4.41. The number of Topliss-reactive ketones (excluding diaryl/α,β-unsaturated/α-hetero) is 1. The van der Waals surface area contributed by atoms with Crippen LogP contribution in [0.15, 0.2) is 22.7 Å². The summed E-state index contributed by atoms with van der Waals surface area (Å²) in [5.41, 5.74) is 1.39. The van der Waals surface area contributed by atoms with Crippen molar-refractivity contribution in [3.63, 3.8) is 0 Å². The van der Waals surface area contributed by atoms with Gasteiger partial charge in [0.25, 0.3) is 0 Å². The van der Waals surface area contributed by atoms with Crippen molar-refractivity contribution in [1.29, 1.82) is 0 Å². The molecule has 0 unspecified atom stereocenters. The molecule has 1 heterocycles. The van der Waals surface area contributed by atoms with Crippen LogP contribution in [0.25, 0.3) is 5.69 Å². The molecule has 0 bridgehead atoms. The highest BCUT2D eigenvalue weighted by Crippen LogP contribution is 2.21. The van der Waals surface area contributed by atoms with Crippen molar-refractivity contribution in [2.75, 3.05) is 0 Å². The van der Waals surface area contributed by atoms with Gasteiger partial charge in [-0.05, 0) is 39.0 Å². The number of aromatic nitrogens is 3. The first kappa shape index (κ1) is 12.0. The van der Waals surface area contributed by atoms with E-state index in [0.29, 0.717) is 11.4 Å². The van der Waals surface area contributed by atoms with Crippen LogP contribution >= 0.6 is 15.9 Å². The summed E-state index contributed by atoms with van der Waals surface area (Å²) in [5.74, 6) is 1.47. The number of hydrogen-bond acceptors (Lipinski definition) is 3. The van der Waals surface area contributed by atoms with Gasteiger partial charge in [0.05, 0.1) is 5.69 Å². The Labute approximate surface area is 108 Å². The topological polar surface area (TPSA) is 47.8 Å². The Morgan fingerprint density at radius 1 is 1.35 bits per heavy atom. The number of hydrogen-bond donors (Lipinski definition) is 0. The maximum absolute atomic E-state index is 11.6. The highest BCUT2D eigenvalue weighted by Gasteiger charge is 2.13. The first-order valence-corrected chi connectivity index (χ1v) is 5.99. The van der Waals surface area contributed by atoms with Crippen molar-refractivity contribution in [1.82, 2.24) is 14.8 Å². The standard InChI is InChI=1S/C12H12BrN3O/c1-7(17)11-6-10(13)4-5-12(11)16-9(3)14-8(2)15-16/h4-6H,1-3H3. The lowest BCUT2D eigenvalue weighted by Gasteiger charge is -2.08. The zero-order chi connectivity index (χ0) is 12.6. The van der Waals surface area contributed by atoms with Crippen molar-refractivity contribution in [2.45, 2.75) is 20.8 Å². The Kier molecular flexibility index (Phi) is 3.11. The van der Waals surface area contributed by atoms with E-state index in [1.807, 2.05) is 26.0 Å². The van der Waals surface area contributed by atoms with E-state index in [-0.39, 0.29) is 5.78 Å². The third-order valence-corrected chi connectivity index (χ3v) is 2.93. The lowest BCUT2D eigenvalue weighted by Crippen LogP contribution is -2.06. The predicted molar refractivity (Wildman–Crippen MR) is 68.5 cm³/mol. The minimum Gasteiger partial charge on any atom is -0.294 e. The van der Waals surface area contributed by atoms with Crippen molar-refractivity contribution >= 4 is 21.7 Å². The van der Waals surface area contributed by atoms with Crippen LogP contribution in [0.4, 0.5) is 0 Å². The van der Waals surface area contributed by atoms with Gasteiger partial charge in [0, 0.05) is 10.0 Å². The van der Waals surface area contributed by atoms with Gasteiger partial charge in [0.1, 0.15) is 11.6 Å². The molecule has 0 aliphatic heterocycles. The average molecular weight is 294 g/mol. The van der Waals surface area contributed by atoms with Gasteiger partial charge < -0.3 is 0 Å². The molecule has 0 saturated carbocycles. The van der Waals surface area contributed by atoms with Crippen molar-refractivity contribution in [3.8, 4) is 5.69 Å². The van der Waals surface area contributed by atoms with Gasteiger partial charge in [-0.15, -0.1) is 0 Å². The van der Waals surface area contributed by atoms with Crippen molar-refractivity contribution in [2.24, 2.45) is 0 Å². The molecule has 5 heteroatoms. The summed E-state index contributed by atoms with van der Waals surface area (Å²) in [6.45, 7) is 5.24. The van der Waals surface area contributed by atoms with Gasteiger partial charge in [-0.2, -0.15) is 5.10 Å². The Morgan fingerprint density at radius 2 is 2.06 bits per heavy atom. The molecule has 0 aliphatic carbocycles. The molecule has 2 rings (SSSR count). The highest BCUT2D eigenvalue weighted by molar-refractivity contribution is 9.10. The molecule has 1 aromatic heterocycles. The number of benzene rings is 1. The molecule has 0 N–H and O–H groups in total. The number of carbonyl (C=O) groups is 1. The van der Waals surface area contributed by atoms with Gasteiger partial charge >= 0.3 is 0 Å². The van der Waals surface area contributed by atoms with E-state index in [4.69, 9.17) is 0 Å². The smallest absolute Gasteiger partial charge is 0.162 e. The van der Waals surface area contributed by atoms with Crippen LogP contribution in [0, 0.1) is 13.8 Å². The van der Waals surface area contributed by atoms with Gasteiger partial charge in [0.15, 0.2) is 5.78 Å². The minimum absolute atomic E-state index is 0.00820. The van der Waals surface area contributed by atoms with Gasteiger partial charge in [0.2, 0.25) is 0 Å². The van der Waals surface area contributed by atoms with Crippen LogP contribution in [0.1, 0.15) is 28.9 Å². The average Bonchev–Trinajstić information content (AvgIpc) is 2.57. The number of aryl methyl sites for hydroxylation is 2. The molecule has 0 saturated heterocycles. The first-order chi connectivity index (χ1) is 7.99. The van der Waals surface area contributed by atoms with E-state index in [1.54, 1.807) is 17.7 Å². The van der Waals surface area contributed by atoms with E-state index in [9.17, 15) is 4.79 Å². The number of ketones is 1. The van der Waals surface area contributed by atoms with E-state index in [2.05, 4.69) is 26.0 Å². The lowest BCUT2D eigenvalue weighted by atomic mass is 10.1. The molecule has 4 nitrogen and oxygen atoms in total. The third-order valence-electron chi connectivity index (χ3n) is 2.44. The first-order valence-electron chi connectivity index (χ1n) is 5.20. The van der Waals surface area contributed by atoms with Crippen LogP contribution in [0.5, 0.6) is 0 Å². The van der Waals surface area contributed by atoms with Gasteiger partial charge in [-0.1, -0.05) is 15.9 Å². The molecule has 1 aromatic carbocycles. The van der Waals surface area contributed by atoms with E-state index >= 15 is 0 Å². The van der Waals surface area contributed by atoms with E-state index < -0.39 is 0 Å². The summed E-state index contributed by atoms with van der Waals surface area (Å²) in [6, 6.07) is 5.55. The van der Waals surface area contributed by atoms with Crippen LogP contribution in [0.3, 0.4) is 0 Å². The maximum Gasteiger partial charge on any atom is 0.162 e. The fraction of sp³-hybridized carbons (Fsp3) is 0.250. The number of halogens is 1. The molecule has 17 heavy (non-hydrogen) atoms. The number of nitrogens with zero attached hydrogens (tertiary/aromatic N) is 3. The fourth-order valence-corrected chi connectivity index (χ4v) is 2.09. The van der Waals surface area contributed by atoms with E-state index in [1.165, 1.54) is 0 Å². The monoisotopic (exact) mass is 293 g/mol. The summed E-state index contributed by atoms with van der Waals surface area (Å²) < 4.78 is 2.57. The van der Waals surface area contributed by atoms with Gasteiger partial charge in [-0.25, -0.2) is 9.67 Å². The molecule has 0 spiro atoms. The fourth-order valence-electron chi connectivity index (χ4n) is 1.72.